The number of benzene rings is 1. The predicted octanol–water partition coefficient (Wildman–Crippen LogP) is 1.56. The summed E-state index contributed by atoms with van der Waals surface area (Å²) in [5.74, 6) is 0. The Morgan fingerprint density at radius 1 is 1.14 bits per heavy atom. The topological polar surface area (TPSA) is 34.1 Å². The standard InChI is InChI=1S/C7H4F3O2S.Li/c8-7(9,10)5-3-1-2-4-6(5)13(11)12;/h1-4H;. The van der Waals surface area contributed by atoms with Crippen molar-refractivity contribution in [3.8, 4) is 0 Å². The molecule has 72 valence electrons. The molecule has 0 spiro atoms. The van der Waals surface area contributed by atoms with Crippen molar-refractivity contribution >= 4 is 24.5 Å². The molecule has 0 aliphatic rings. The Kier molecular flexibility index (Phi) is 3.00. The van der Waals surface area contributed by atoms with E-state index in [0.717, 1.165) is 34.7 Å². The Labute approximate surface area is 87.1 Å². The van der Waals surface area contributed by atoms with Crippen molar-refractivity contribution in [2.75, 3.05) is 0 Å². The average molecular weight is 216 g/mol. The van der Waals surface area contributed by atoms with Crippen LogP contribution in [0.5, 0.6) is 0 Å². The molecule has 0 amide bonds. The zero-order valence-corrected chi connectivity index (χ0v) is 7.98. The minimum atomic E-state index is -4.64. The van der Waals surface area contributed by atoms with Crippen molar-refractivity contribution in [3.05, 3.63) is 29.8 Å². The van der Waals surface area contributed by atoms with E-state index >= 15 is 0 Å². The first-order chi connectivity index (χ1) is 6.23. The van der Waals surface area contributed by atoms with Gasteiger partial charge in [0.1, 0.15) is 0 Å². The average Bonchev–Trinajstić information content (AvgIpc) is 2.01. The first-order valence-corrected chi connectivity index (χ1v) is 5.48. The maximum atomic E-state index is 12.3. The molecule has 0 aromatic heterocycles. The van der Waals surface area contributed by atoms with Crippen LogP contribution >= 0.6 is 0 Å². The van der Waals surface area contributed by atoms with E-state index in [1.807, 2.05) is 0 Å². The molecular formula is C7H4F3LiO2S. The van der Waals surface area contributed by atoms with Crippen LogP contribution in [0.3, 0.4) is 0 Å². The molecular weight excluding hydrogens is 212 g/mol. The molecule has 0 heterocycles. The van der Waals surface area contributed by atoms with E-state index in [0.29, 0.717) is 0 Å². The molecule has 0 unspecified atom stereocenters. The van der Waals surface area contributed by atoms with Gasteiger partial charge in [-0.3, -0.25) is 0 Å². The van der Waals surface area contributed by atoms with Crippen LogP contribution < -0.4 is 0 Å². The number of rotatable bonds is 1. The second kappa shape index (κ2) is 3.61. The fourth-order valence-corrected chi connectivity index (χ4v) is 1.93. The van der Waals surface area contributed by atoms with Crippen LogP contribution in [0.1, 0.15) is 5.56 Å². The quantitative estimate of drug-likeness (QED) is 0.667. The van der Waals surface area contributed by atoms with Crippen LogP contribution in [-0.2, 0) is 14.1 Å². The van der Waals surface area contributed by atoms with Crippen LogP contribution in [-0.4, -0.2) is 24.9 Å². The molecule has 1 aromatic rings. The SMILES string of the molecule is [Li][S](=O)(=O)c1ccccc1C(F)(F)F. The van der Waals surface area contributed by atoms with E-state index in [9.17, 15) is 21.6 Å². The van der Waals surface area contributed by atoms with Crippen LogP contribution in [0.2, 0.25) is 0 Å². The Hall–Kier alpha value is -0.443. The van der Waals surface area contributed by atoms with Crippen molar-refractivity contribution in [2.45, 2.75) is 11.1 Å². The van der Waals surface area contributed by atoms with Crippen LogP contribution in [0, 0.1) is 0 Å². The zero-order chi connectivity index (χ0) is 11.0. The minimum absolute atomic E-state index is 0.687. The third kappa shape index (κ3) is 2.53. The van der Waals surface area contributed by atoms with E-state index in [-0.39, 0.29) is 0 Å². The van der Waals surface area contributed by atoms with Gasteiger partial charge in [-0.05, 0) is 0 Å². The van der Waals surface area contributed by atoms with E-state index in [1.165, 1.54) is 6.07 Å². The van der Waals surface area contributed by atoms with E-state index < -0.39 is 24.6 Å². The summed E-state index contributed by atoms with van der Waals surface area (Å²) in [6.45, 7) is 0. The van der Waals surface area contributed by atoms with Gasteiger partial charge in [-0.25, -0.2) is 0 Å². The molecule has 0 fully saturated rings. The molecule has 0 saturated carbocycles. The van der Waals surface area contributed by atoms with Crippen LogP contribution in [0.4, 0.5) is 13.2 Å². The molecule has 0 bridgehead atoms. The third-order valence-electron chi connectivity index (χ3n) is 1.59. The van der Waals surface area contributed by atoms with Gasteiger partial charge in [-0.15, -0.1) is 0 Å². The van der Waals surface area contributed by atoms with Gasteiger partial charge < -0.3 is 0 Å². The number of hydrogen-bond donors (Lipinski definition) is 0. The summed E-state index contributed by atoms with van der Waals surface area (Å²) in [4.78, 5) is -0.687. The molecule has 0 radical (unpaired) electrons. The van der Waals surface area contributed by atoms with Gasteiger partial charge in [0.2, 0.25) is 0 Å². The zero-order valence-electron chi connectivity index (χ0n) is 7.17. The van der Waals surface area contributed by atoms with Crippen molar-refractivity contribution in [1.29, 1.82) is 0 Å². The Balaban J connectivity index is 3.47. The van der Waals surface area contributed by atoms with Gasteiger partial charge in [0.25, 0.3) is 0 Å². The van der Waals surface area contributed by atoms with Crippen LogP contribution in [0.25, 0.3) is 0 Å². The van der Waals surface area contributed by atoms with E-state index in [1.54, 1.807) is 0 Å². The Bertz CT molecular complexity index is 438. The Morgan fingerprint density at radius 2 is 1.64 bits per heavy atom. The monoisotopic (exact) mass is 216 g/mol. The summed E-state index contributed by atoms with van der Waals surface area (Å²) in [6.07, 6.45) is -4.64. The first kappa shape index (κ1) is 11.6. The van der Waals surface area contributed by atoms with Gasteiger partial charge in [-0.2, -0.15) is 0 Å². The summed E-state index contributed by atoms with van der Waals surface area (Å²) in [5, 5.41) is 0. The second-order valence-electron chi connectivity index (χ2n) is 2.77. The summed E-state index contributed by atoms with van der Waals surface area (Å²) >= 11 is 0.748. The van der Waals surface area contributed by atoms with Crippen molar-refractivity contribution in [3.63, 3.8) is 0 Å². The number of halogens is 3. The van der Waals surface area contributed by atoms with Gasteiger partial charge in [-0.1, -0.05) is 0 Å². The van der Waals surface area contributed by atoms with Gasteiger partial charge in [0, 0.05) is 0 Å². The van der Waals surface area contributed by atoms with Crippen molar-refractivity contribution < 1.29 is 21.6 Å². The van der Waals surface area contributed by atoms with Gasteiger partial charge >= 0.3 is 87.0 Å². The Morgan fingerprint density at radius 3 is 2.00 bits per heavy atom. The molecule has 0 atom stereocenters. The molecule has 1 aromatic carbocycles. The molecule has 0 aliphatic carbocycles. The second-order valence-corrected chi connectivity index (χ2v) is 4.75. The summed E-state index contributed by atoms with van der Waals surface area (Å²) in [6, 6.07) is 4.09. The van der Waals surface area contributed by atoms with Crippen LogP contribution in [0.15, 0.2) is 29.2 Å². The summed E-state index contributed by atoms with van der Waals surface area (Å²) in [7, 11) is -3.84. The van der Waals surface area contributed by atoms with Gasteiger partial charge in [0.05, 0.1) is 0 Å². The normalized spacial score (nSPS) is 12.9. The van der Waals surface area contributed by atoms with E-state index in [4.69, 9.17) is 0 Å². The molecule has 0 N–H and O–H groups in total. The number of alkyl halides is 3. The fraction of sp³-hybridized carbons (Fsp3) is 0.143. The van der Waals surface area contributed by atoms with E-state index in [2.05, 4.69) is 0 Å². The van der Waals surface area contributed by atoms with Crippen molar-refractivity contribution in [2.24, 2.45) is 0 Å². The van der Waals surface area contributed by atoms with Gasteiger partial charge in [0.15, 0.2) is 0 Å². The van der Waals surface area contributed by atoms with Crippen molar-refractivity contribution in [1.82, 2.24) is 0 Å². The maximum absolute atomic E-state index is 12.3. The molecule has 0 saturated heterocycles. The molecule has 14 heavy (non-hydrogen) atoms. The molecule has 7 heteroatoms. The molecule has 0 aliphatic heterocycles. The molecule has 2 nitrogen and oxygen atoms in total. The first-order valence-electron chi connectivity index (χ1n) is 3.59. The number of hydrogen-bond acceptors (Lipinski definition) is 2. The molecule has 1 rings (SSSR count). The fourth-order valence-electron chi connectivity index (χ4n) is 1.02. The third-order valence-corrected chi connectivity index (χ3v) is 2.75. The summed E-state index contributed by atoms with van der Waals surface area (Å²) in [5.41, 5.74) is -1.12. The predicted molar refractivity (Wildman–Crippen MR) is 44.4 cm³/mol. The summed E-state index contributed by atoms with van der Waals surface area (Å²) < 4.78 is 58.9.